The maximum Gasteiger partial charge on any atom is 0.374 e. The molecule has 27 heavy (non-hydrogen) atoms. The number of hydrogen-bond donors (Lipinski definition) is 1. The summed E-state index contributed by atoms with van der Waals surface area (Å²) in [6.45, 7) is 3.22. The minimum atomic E-state index is -0.864. The van der Waals surface area contributed by atoms with E-state index in [1.807, 2.05) is 44.2 Å². The van der Waals surface area contributed by atoms with Crippen LogP contribution >= 0.6 is 0 Å². The zero-order valence-electron chi connectivity index (χ0n) is 15.0. The lowest BCUT2D eigenvalue weighted by Gasteiger charge is -2.14. The van der Waals surface area contributed by atoms with E-state index in [9.17, 15) is 14.4 Å². The standard InChI is InChI=1S/C21H19NO5/c1-13-8-9-18-16(10-13)17(23)11-19(27-18)21(25)26-12-20(24)22-14(2)15-6-4-3-5-7-15/h3-11,14H,12H2,1-2H3,(H,22,24)/t14-/m0/s1. The highest BCUT2D eigenvalue weighted by Crippen LogP contribution is 2.15. The van der Waals surface area contributed by atoms with E-state index in [2.05, 4.69) is 5.32 Å². The van der Waals surface area contributed by atoms with Crippen LogP contribution in [0.1, 0.15) is 34.6 Å². The van der Waals surface area contributed by atoms with Crippen LogP contribution in [0.15, 0.2) is 63.8 Å². The SMILES string of the molecule is Cc1ccc2oc(C(=O)OCC(=O)N[C@@H](C)c3ccccc3)cc(=O)c2c1. The van der Waals surface area contributed by atoms with Crippen molar-refractivity contribution in [3.63, 3.8) is 0 Å². The summed E-state index contributed by atoms with van der Waals surface area (Å²) in [4.78, 5) is 36.3. The quantitative estimate of drug-likeness (QED) is 0.702. The molecule has 1 heterocycles. The number of ether oxygens (including phenoxy) is 1. The van der Waals surface area contributed by atoms with Gasteiger partial charge in [0.1, 0.15) is 5.58 Å². The fourth-order valence-electron chi connectivity index (χ4n) is 2.68. The van der Waals surface area contributed by atoms with Crippen molar-refractivity contribution in [3.05, 3.63) is 81.7 Å². The molecular weight excluding hydrogens is 346 g/mol. The molecule has 3 aromatic rings. The maximum atomic E-state index is 12.1. The van der Waals surface area contributed by atoms with Crippen LogP contribution in [0.4, 0.5) is 0 Å². The molecule has 3 rings (SSSR count). The number of esters is 1. The topological polar surface area (TPSA) is 85.6 Å². The lowest BCUT2D eigenvalue weighted by molar-refractivity contribution is -0.124. The number of amides is 1. The van der Waals surface area contributed by atoms with Gasteiger partial charge in [-0.2, -0.15) is 0 Å². The van der Waals surface area contributed by atoms with Crippen molar-refractivity contribution < 1.29 is 18.7 Å². The molecule has 6 heteroatoms. The lowest BCUT2D eigenvalue weighted by atomic mass is 10.1. The van der Waals surface area contributed by atoms with Crippen molar-refractivity contribution in [2.45, 2.75) is 19.9 Å². The van der Waals surface area contributed by atoms with Crippen LogP contribution in [0.3, 0.4) is 0 Å². The summed E-state index contributed by atoms with van der Waals surface area (Å²) in [6.07, 6.45) is 0. The van der Waals surface area contributed by atoms with Crippen molar-refractivity contribution in [2.24, 2.45) is 0 Å². The molecule has 0 radical (unpaired) electrons. The fourth-order valence-corrected chi connectivity index (χ4v) is 2.68. The van der Waals surface area contributed by atoms with Gasteiger partial charge in [0.15, 0.2) is 12.0 Å². The van der Waals surface area contributed by atoms with Gasteiger partial charge in [0.25, 0.3) is 5.91 Å². The average molecular weight is 365 g/mol. The second-order valence-corrected chi connectivity index (χ2v) is 6.25. The molecule has 0 aliphatic rings. The summed E-state index contributed by atoms with van der Waals surface area (Å²) >= 11 is 0. The summed E-state index contributed by atoms with van der Waals surface area (Å²) in [5, 5.41) is 3.13. The molecule has 0 fully saturated rings. The molecule has 1 amide bonds. The largest absolute Gasteiger partial charge is 0.450 e. The molecule has 6 nitrogen and oxygen atoms in total. The molecule has 0 aliphatic heterocycles. The Hall–Kier alpha value is -3.41. The molecule has 1 atom stereocenters. The third-order valence-corrected chi connectivity index (χ3v) is 4.10. The smallest absolute Gasteiger partial charge is 0.374 e. The second kappa shape index (κ2) is 7.86. The van der Waals surface area contributed by atoms with E-state index in [0.717, 1.165) is 17.2 Å². The first-order valence-electron chi connectivity index (χ1n) is 8.50. The van der Waals surface area contributed by atoms with E-state index in [-0.39, 0.29) is 17.2 Å². The van der Waals surface area contributed by atoms with Crippen LogP contribution in [-0.2, 0) is 9.53 Å². The number of rotatable bonds is 5. The number of fused-ring (bicyclic) bond motifs is 1. The predicted molar refractivity (Wildman–Crippen MR) is 101 cm³/mol. The second-order valence-electron chi connectivity index (χ2n) is 6.25. The Kier molecular flexibility index (Phi) is 5.35. The van der Waals surface area contributed by atoms with Crippen molar-refractivity contribution in [2.75, 3.05) is 6.61 Å². The Balaban J connectivity index is 1.64. The number of carbonyl (C=O) groups is 2. The maximum absolute atomic E-state index is 12.1. The summed E-state index contributed by atoms with van der Waals surface area (Å²) in [5.41, 5.74) is 1.80. The Morgan fingerprint density at radius 3 is 2.59 bits per heavy atom. The van der Waals surface area contributed by atoms with Crippen molar-refractivity contribution >= 4 is 22.8 Å². The normalized spacial score (nSPS) is 11.8. The Labute approximate surface area is 155 Å². The molecular formula is C21H19NO5. The van der Waals surface area contributed by atoms with Gasteiger partial charge in [-0.1, -0.05) is 42.0 Å². The van der Waals surface area contributed by atoms with E-state index < -0.39 is 18.5 Å². The van der Waals surface area contributed by atoms with Gasteiger partial charge in [-0.15, -0.1) is 0 Å². The first kappa shape index (κ1) is 18.4. The number of nitrogens with one attached hydrogen (secondary N) is 1. The van der Waals surface area contributed by atoms with E-state index in [0.29, 0.717) is 11.0 Å². The minimum absolute atomic E-state index is 0.223. The van der Waals surface area contributed by atoms with Crippen LogP contribution in [0.2, 0.25) is 0 Å². The van der Waals surface area contributed by atoms with Crippen molar-refractivity contribution in [3.8, 4) is 0 Å². The highest BCUT2D eigenvalue weighted by Gasteiger charge is 2.16. The molecule has 0 unspecified atom stereocenters. The lowest BCUT2D eigenvalue weighted by Crippen LogP contribution is -2.31. The van der Waals surface area contributed by atoms with Gasteiger partial charge >= 0.3 is 5.97 Å². The third-order valence-electron chi connectivity index (χ3n) is 4.10. The van der Waals surface area contributed by atoms with Gasteiger partial charge < -0.3 is 14.5 Å². The zero-order valence-corrected chi connectivity index (χ0v) is 15.0. The molecule has 1 aromatic heterocycles. The van der Waals surface area contributed by atoms with Crippen LogP contribution < -0.4 is 10.7 Å². The van der Waals surface area contributed by atoms with Crippen molar-refractivity contribution in [1.29, 1.82) is 0 Å². The molecule has 0 bridgehead atoms. The van der Waals surface area contributed by atoms with Gasteiger partial charge in [0.05, 0.1) is 11.4 Å². The number of benzene rings is 2. The number of hydrogen-bond acceptors (Lipinski definition) is 5. The van der Waals surface area contributed by atoms with E-state index in [4.69, 9.17) is 9.15 Å². The van der Waals surface area contributed by atoms with E-state index in [1.54, 1.807) is 18.2 Å². The van der Waals surface area contributed by atoms with Gasteiger partial charge in [-0.05, 0) is 31.5 Å². The highest BCUT2D eigenvalue weighted by atomic mass is 16.5. The summed E-state index contributed by atoms with van der Waals surface area (Å²) in [5.74, 6) is -1.55. The Morgan fingerprint density at radius 2 is 1.85 bits per heavy atom. The van der Waals surface area contributed by atoms with Crippen LogP contribution in [-0.4, -0.2) is 18.5 Å². The highest BCUT2D eigenvalue weighted by molar-refractivity contribution is 5.90. The first-order valence-corrected chi connectivity index (χ1v) is 8.50. The predicted octanol–water partition coefficient (Wildman–Crippen LogP) is 3.14. The summed E-state index contributed by atoms with van der Waals surface area (Å²) in [7, 11) is 0. The summed E-state index contributed by atoms with van der Waals surface area (Å²) in [6, 6.07) is 15.4. The van der Waals surface area contributed by atoms with Crippen LogP contribution in [0, 0.1) is 6.92 Å². The fraction of sp³-hybridized carbons (Fsp3) is 0.190. The monoisotopic (exact) mass is 365 g/mol. The molecule has 0 aliphatic carbocycles. The Morgan fingerprint density at radius 1 is 1.11 bits per heavy atom. The van der Waals surface area contributed by atoms with E-state index >= 15 is 0 Å². The molecule has 0 spiro atoms. The van der Waals surface area contributed by atoms with E-state index in [1.165, 1.54) is 0 Å². The molecule has 0 saturated heterocycles. The Bertz CT molecular complexity index is 1040. The van der Waals surface area contributed by atoms with Crippen molar-refractivity contribution in [1.82, 2.24) is 5.32 Å². The first-order chi connectivity index (χ1) is 12.9. The van der Waals surface area contributed by atoms with Gasteiger partial charge in [0.2, 0.25) is 5.76 Å². The molecule has 138 valence electrons. The molecule has 0 saturated carbocycles. The molecule has 1 N–H and O–H groups in total. The van der Waals surface area contributed by atoms with Gasteiger partial charge in [0, 0.05) is 6.07 Å². The van der Waals surface area contributed by atoms with Gasteiger partial charge in [-0.25, -0.2) is 4.79 Å². The summed E-state index contributed by atoms with van der Waals surface area (Å²) < 4.78 is 10.4. The molecule has 2 aromatic carbocycles. The van der Waals surface area contributed by atoms with Gasteiger partial charge in [-0.3, -0.25) is 9.59 Å². The average Bonchev–Trinajstić information content (AvgIpc) is 2.67. The number of carbonyl (C=O) groups excluding carboxylic acids is 2. The van der Waals surface area contributed by atoms with Crippen LogP contribution in [0.25, 0.3) is 11.0 Å². The van der Waals surface area contributed by atoms with Crippen LogP contribution in [0.5, 0.6) is 0 Å². The zero-order chi connectivity index (χ0) is 19.4. The minimum Gasteiger partial charge on any atom is -0.450 e. The third kappa shape index (κ3) is 4.41. The number of aryl methyl sites for hydroxylation is 1.